The molecular formula is C12H20N2O3S2. The number of nitrogens with zero attached hydrogens (tertiary/aromatic N) is 2. The van der Waals surface area contributed by atoms with E-state index in [1.165, 1.54) is 15.6 Å². The molecule has 0 amide bonds. The molecule has 0 bridgehead atoms. The summed E-state index contributed by atoms with van der Waals surface area (Å²) in [6.45, 7) is 7.16. The van der Waals surface area contributed by atoms with Crippen LogP contribution in [0.1, 0.15) is 30.5 Å². The summed E-state index contributed by atoms with van der Waals surface area (Å²) in [5, 5.41) is 0.787. The van der Waals surface area contributed by atoms with Crippen LogP contribution in [0.4, 0.5) is 0 Å². The van der Waals surface area contributed by atoms with Gasteiger partial charge in [-0.05, 0) is 33.6 Å². The van der Waals surface area contributed by atoms with Gasteiger partial charge >= 0.3 is 0 Å². The minimum Gasteiger partial charge on any atom is -0.377 e. The molecule has 0 aliphatic carbocycles. The molecule has 1 aliphatic heterocycles. The van der Waals surface area contributed by atoms with Crippen molar-refractivity contribution in [1.82, 2.24) is 9.29 Å². The molecule has 0 saturated carbocycles. The van der Waals surface area contributed by atoms with Gasteiger partial charge in [0, 0.05) is 19.7 Å². The molecule has 2 rings (SSSR count). The summed E-state index contributed by atoms with van der Waals surface area (Å²) < 4.78 is 32.7. The molecule has 108 valence electrons. The number of aryl methyl sites for hydroxylation is 2. The maximum Gasteiger partial charge on any atom is 0.254 e. The maximum atomic E-state index is 12.6. The lowest BCUT2D eigenvalue weighted by atomic mass is 10.1. The van der Waals surface area contributed by atoms with Crippen LogP contribution in [0.2, 0.25) is 0 Å². The smallest absolute Gasteiger partial charge is 0.254 e. The Kier molecular flexibility index (Phi) is 4.60. The molecule has 1 aromatic rings. The molecular weight excluding hydrogens is 284 g/mol. The number of hydrogen-bond donors (Lipinski definition) is 0. The van der Waals surface area contributed by atoms with Crippen molar-refractivity contribution in [3.63, 3.8) is 0 Å². The number of rotatable bonds is 4. The lowest BCUT2D eigenvalue weighted by Gasteiger charge is -2.31. The summed E-state index contributed by atoms with van der Waals surface area (Å²) >= 11 is 1.25. The Hall–Kier alpha value is -0.500. The molecule has 1 atom stereocenters. The number of sulfonamides is 1. The molecule has 1 aliphatic rings. The summed E-state index contributed by atoms with van der Waals surface area (Å²) in [6.07, 6.45) is 1.80. The largest absolute Gasteiger partial charge is 0.377 e. The first-order chi connectivity index (χ1) is 8.95. The second-order valence-electron chi connectivity index (χ2n) is 4.69. The fourth-order valence-electron chi connectivity index (χ4n) is 2.36. The first-order valence-electron chi connectivity index (χ1n) is 6.51. The molecule has 5 nitrogen and oxygen atoms in total. The molecule has 1 fully saturated rings. The number of piperidine rings is 1. The van der Waals surface area contributed by atoms with Crippen molar-refractivity contribution in [3.05, 3.63) is 10.7 Å². The minimum absolute atomic E-state index is 0.0165. The van der Waals surface area contributed by atoms with Gasteiger partial charge < -0.3 is 4.74 Å². The monoisotopic (exact) mass is 304 g/mol. The van der Waals surface area contributed by atoms with Crippen LogP contribution in [0.3, 0.4) is 0 Å². The van der Waals surface area contributed by atoms with Gasteiger partial charge in [-0.3, -0.25) is 0 Å². The van der Waals surface area contributed by atoms with E-state index >= 15 is 0 Å². The fraction of sp³-hybridized carbons (Fsp3) is 0.750. The fourth-order valence-corrected chi connectivity index (χ4v) is 5.49. The van der Waals surface area contributed by atoms with E-state index in [4.69, 9.17) is 4.74 Å². The highest BCUT2D eigenvalue weighted by Crippen LogP contribution is 2.28. The second-order valence-corrected chi connectivity index (χ2v) is 8.02. The van der Waals surface area contributed by atoms with Crippen LogP contribution >= 0.6 is 11.3 Å². The third kappa shape index (κ3) is 3.16. The SMILES string of the molecule is CCO[C@H]1CCCN(S(=O)(=O)c2sc(C)nc2C)C1. The topological polar surface area (TPSA) is 59.5 Å². The Labute approximate surface area is 118 Å². The van der Waals surface area contributed by atoms with Crippen molar-refractivity contribution >= 4 is 21.4 Å². The standard InChI is InChI=1S/C12H20N2O3S2/c1-4-17-11-6-5-7-14(8-11)19(15,16)12-9(2)13-10(3)18-12/h11H,4-8H2,1-3H3/t11-/m0/s1. The summed E-state index contributed by atoms with van der Waals surface area (Å²) in [7, 11) is -3.41. The van der Waals surface area contributed by atoms with Gasteiger partial charge in [-0.25, -0.2) is 13.4 Å². The molecule has 19 heavy (non-hydrogen) atoms. The van der Waals surface area contributed by atoms with E-state index in [0.717, 1.165) is 17.8 Å². The van der Waals surface area contributed by atoms with Crippen molar-refractivity contribution in [1.29, 1.82) is 0 Å². The average Bonchev–Trinajstić information content (AvgIpc) is 2.70. The molecule has 1 aromatic heterocycles. The first kappa shape index (κ1) is 14.9. The van der Waals surface area contributed by atoms with Crippen molar-refractivity contribution in [3.8, 4) is 0 Å². The highest BCUT2D eigenvalue weighted by molar-refractivity contribution is 7.91. The number of aromatic nitrogens is 1. The van der Waals surface area contributed by atoms with Crippen LogP contribution in [0.5, 0.6) is 0 Å². The van der Waals surface area contributed by atoms with Gasteiger partial charge in [0.15, 0.2) is 4.21 Å². The summed E-state index contributed by atoms with van der Waals surface area (Å²) in [4.78, 5) is 4.21. The van der Waals surface area contributed by atoms with Crippen LogP contribution in [0.25, 0.3) is 0 Å². The molecule has 1 saturated heterocycles. The molecule has 2 heterocycles. The number of ether oxygens (including phenoxy) is 1. The van der Waals surface area contributed by atoms with E-state index in [2.05, 4.69) is 4.98 Å². The Morgan fingerprint density at radius 2 is 2.21 bits per heavy atom. The second kappa shape index (κ2) is 5.87. The molecule has 7 heteroatoms. The quantitative estimate of drug-likeness (QED) is 0.853. The summed E-state index contributed by atoms with van der Waals surface area (Å²) in [5.74, 6) is 0. The number of thiazole rings is 1. The van der Waals surface area contributed by atoms with Crippen LogP contribution < -0.4 is 0 Å². The Bertz CT molecular complexity index is 537. The van der Waals surface area contributed by atoms with Crippen LogP contribution in [0.15, 0.2) is 4.21 Å². The Morgan fingerprint density at radius 3 is 2.79 bits per heavy atom. The first-order valence-corrected chi connectivity index (χ1v) is 8.76. The zero-order chi connectivity index (χ0) is 14.0. The molecule has 0 N–H and O–H groups in total. The summed E-state index contributed by atoms with van der Waals surface area (Å²) in [5.41, 5.74) is 0.598. The van der Waals surface area contributed by atoms with Crippen molar-refractivity contribution < 1.29 is 13.2 Å². The third-order valence-electron chi connectivity index (χ3n) is 3.18. The zero-order valence-corrected chi connectivity index (χ0v) is 13.2. The maximum absolute atomic E-state index is 12.6. The zero-order valence-electron chi connectivity index (χ0n) is 11.5. The highest BCUT2D eigenvalue weighted by Gasteiger charge is 2.33. The normalized spacial score (nSPS) is 21.7. The van der Waals surface area contributed by atoms with E-state index in [1.54, 1.807) is 6.92 Å². The minimum atomic E-state index is -3.41. The Morgan fingerprint density at radius 1 is 1.47 bits per heavy atom. The van der Waals surface area contributed by atoms with Gasteiger partial charge in [-0.15, -0.1) is 11.3 Å². The van der Waals surface area contributed by atoms with E-state index in [1.807, 2.05) is 13.8 Å². The van der Waals surface area contributed by atoms with E-state index in [0.29, 0.717) is 29.6 Å². The van der Waals surface area contributed by atoms with E-state index < -0.39 is 10.0 Å². The lowest BCUT2D eigenvalue weighted by Crippen LogP contribution is -2.43. The molecule has 0 aromatic carbocycles. The van der Waals surface area contributed by atoms with Gasteiger partial charge in [0.25, 0.3) is 10.0 Å². The van der Waals surface area contributed by atoms with Gasteiger partial charge in [0.1, 0.15) is 0 Å². The summed E-state index contributed by atoms with van der Waals surface area (Å²) in [6, 6.07) is 0. The lowest BCUT2D eigenvalue weighted by molar-refractivity contribution is 0.0265. The number of hydrogen-bond acceptors (Lipinski definition) is 5. The van der Waals surface area contributed by atoms with E-state index in [9.17, 15) is 8.42 Å². The van der Waals surface area contributed by atoms with Gasteiger partial charge in [0.2, 0.25) is 0 Å². The van der Waals surface area contributed by atoms with Crippen LogP contribution in [-0.4, -0.2) is 43.5 Å². The highest BCUT2D eigenvalue weighted by atomic mass is 32.2. The van der Waals surface area contributed by atoms with Gasteiger partial charge in [-0.2, -0.15) is 4.31 Å². The van der Waals surface area contributed by atoms with Crippen LogP contribution in [-0.2, 0) is 14.8 Å². The predicted octanol–water partition coefficient (Wildman–Crippen LogP) is 1.95. The third-order valence-corrected chi connectivity index (χ3v) is 6.70. The van der Waals surface area contributed by atoms with Crippen molar-refractivity contribution in [2.75, 3.05) is 19.7 Å². The molecule has 0 spiro atoms. The Balaban J connectivity index is 2.22. The van der Waals surface area contributed by atoms with Gasteiger partial charge in [0.05, 0.1) is 16.8 Å². The molecule has 0 radical (unpaired) electrons. The average molecular weight is 304 g/mol. The van der Waals surface area contributed by atoms with Crippen molar-refractivity contribution in [2.45, 2.75) is 43.9 Å². The predicted molar refractivity (Wildman–Crippen MR) is 75.0 cm³/mol. The van der Waals surface area contributed by atoms with Crippen LogP contribution in [0, 0.1) is 13.8 Å². The van der Waals surface area contributed by atoms with E-state index in [-0.39, 0.29) is 6.10 Å². The molecule has 0 unspecified atom stereocenters. The van der Waals surface area contributed by atoms with Crippen molar-refractivity contribution in [2.24, 2.45) is 0 Å². The van der Waals surface area contributed by atoms with Gasteiger partial charge in [-0.1, -0.05) is 0 Å².